The van der Waals surface area contributed by atoms with Crippen molar-refractivity contribution in [2.24, 2.45) is 10.8 Å². The molecule has 3 heterocycles. The van der Waals surface area contributed by atoms with Gasteiger partial charge >= 0.3 is 0 Å². The lowest BCUT2D eigenvalue weighted by Gasteiger charge is -2.36. The van der Waals surface area contributed by atoms with Crippen molar-refractivity contribution in [2.75, 3.05) is 60.0 Å². The third-order valence-electron chi connectivity index (χ3n) is 6.25. The number of amidine groups is 1. The highest BCUT2D eigenvalue weighted by Gasteiger charge is 2.23. The number of hydrazone groups is 1. The Bertz CT molecular complexity index is 665. The summed E-state index contributed by atoms with van der Waals surface area (Å²) in [5, 5.41) is 10.4. The SMILES string of the molecule is CN1N=C(N2CCCC2)C=CC1N(C)/C(N)=C/C=C\C1CCCN(CCOP)CCN1. The Hall–Kier alpha value is -1.60. The number of rotatable bonds is 7. The molecule has 3 N–H and O–H groups in total. The normalized spacial score (nSPS) is 26.3. The minimum absolute atomic E-state index is 0.0204. The first-order valence-electron chi connectivity index (χ1n) is 11.5. The fourth-order valence-electron chi connectivity index (χ4n) is 4.33. The molecule has 3 rings (SSSR count). The van der Waals surface area contributed by atoms with Crippen LogP contribution in [-0.4, -0.2) is 97.7 Å². The summed E-state index contributed by atoms with van der Waals surface area (Å²) in [6, 6.07) is 0.388. The molecule has 3 unspecified atom stereocenters. The lowest BCUT2D eigenvalue weighted by molar-refractivity contribution is 0.149. The van der Waals surface area contributed by atoms with E-state index in [0.717, 1.165) is 64.0 Å². The van der Waals surface area contributed by atoms with Gasteiger partial charge in [0.15, 0.2) is 0 Å². The summed E-state index contributed by atoms with van der Waals surface area (Å²) in [5.74, 6) is 1.79. The topological polar surface area (TPSA) is 72.6 Å². The Morgan fingerprint density at radius 1 is 1.32 bits per heavy atom. The Balaban J connectivity index is 1.47. The van der Waals surface area contributed by atoms with Gasteiger partial charge in [0.25, 0.3) is 0 Å². The second kappa shape index (κ2) is 12.4. The molecule has 0 spiro atoms. The first kappa shape index (κ1) is 24.1. The number of nitrogens with one attached hydrogen (secondary N) is 1. The van der Waals surface area contributed by atoms with E-state index in [1.807, 2.05) is 25.2 Å². The maximum absolute atomic E-state index is 6.38. The fourth-order valence-corrected chi connectivity index (χ4v) is 4.44. The molecule has 3 aliphatic heterocycles. The fraction of sp³-hybridized carbons (Fsp3) is 0.682. The number of allylic oxidation sites excluding steroid dienone is 2. The van der Waals surface area contributed by atoms with E-state index in [9.17, 15) is 0 Å². The first-order chi connectivity index (χ1) is 15.1. The van der Waals surface area contributed by atoms with E-state index in [0.29, 0.717) is 6.04 Å². The zero-order chi connectivity index (χ0) is 22.1. The number of hydrogen-bond donors (Lipinski definition) is 2. The third kappa shape index (κ3) is 7.21. The van der Waals surface area contributed by atoms with Crippen molar-refractivity contribution in [3.63, 3.8) is 0 Å². The summed E-state index contributed by atoms with van der Waals surface area (Å²) in [6.45, 7) is 7.13. The highest BCUT2D eigenvalue weighted by Crippen LogP contribution is 2.17. The molecule has 0 amide bonds. The molecule has 2 fully saturated rings. The van der Waals surface area contributed by atoms with Gasteiger partial charge in [0.05, 0.1) is 6.61 Å². The van der Waals surface area contributed by atoms with Gasteiger partial charge in [-0.2, -0.15) is 5.10 Å². The van der Waals surface area contributed by atoms with Crippen molar-refractivity contribution >= 4 is 15.3 Å². The quantitative estimate of drug-likeness (QED) is 0.449. The minimum Gasteiger partial charge on any atom is -0.385 e. The molecule has 2 saturated heterocycles. The lowest BCUT2D eigenvalue weighted by atomic mass is 10.1. The van der Waals surface area contributed by atoms with Crippen molar-refractivity contribution in [2.45, 2.75) is 37.9 Å². The molecule has 0 aromatic rings. The van der Waals surface area contributed by atoms with Crippen LogP contribution >= 0.6 is 9.47 Å². The van der Waals surface area contributed by atoms with E-state index in [4.69, 9.17) is 15.4 Å². The Morgan fingerprint density at radius 2 is 2.13 bits per heavy atom. The van der Waals surface area contributed by atoms with Gasteiger partial charge in [-0.05, 0) is 50.5 Å². The van der Waals surface area contributed by atoms with E-state index >= 15 is 0 Å². The molecule has 0 aromatic heterocycles. The summed E-state index contributed by atoms with van der Waals surface area (Å²) in [4.78, 5) is 6.86. The van der Waals surface area contributed by atoms with Crippen molar-refractivity contribution in [3.05, 3.63) is 36.2 Å². The van der Waals surface area contributed by atoms with Crippen LogP contribution in [0.2, 0.25) is 0 Å². The Morgan fingerprint density at radius 3 is 2.87 bits per heavy atom. The summed E-state index contributed by atoms with van der Waals surface area (Å²) in [6.07, 6.45) is 15.4. The second-order valence-corrected chi connectivity index (χ2v) is 8.83. The maximum atomic E-state index is 6.38. The average molecular weight is 450 g/mol. The third-order valence-corrected chi connectivity index (χ3v) is 6.49. The molecule has 0 aromatic carbocycles. The number of nitrogens with two attached hydrogens (primary N) is 1. The van der Waals surface area contributed by atoms with E-state index in [1.165, 1.54) is 19.3 Å². The highest BCUT2D eigenvalue weighted by molar-refractivity contribution is 7.09. The summed E-state index contributed by atoms with van der Waals surface area (Å²) in [7, 11) is 6.36. The van der Waals surface area contributed by atoms with Crippen molar-refractivity contribution in [1.82, 2.24) is 25.0 Å². The summed E-state index contributed by atoms with van der Waals surface area (Å²) in [5.41, 5.74) is 6.38. The van der Waals surface area contributed by atoms with Gasteiger partial charge < -0.3 is 25.4 Å². The lowest BCUT2D eigenvalue weighted by Crippen LogP contribution is -2.45. The molecule has 3 aliphatic rings. The monoisotopic (exact) mass is 449 g/mol. The molecular weight excluding hydrogens is 409 g/mol. The smallest absolute Gasteiger partial charge is 0.148 e. The van der Waals surface area contributed by atoms with Crippen LogP contribution < -0.4 is 11.1 Å². The largest absolute Gasteiger partial charge is 0.385 e. The van der Waals surface area contributed by atoms with E-state index in [1.54, 1.807) is 0 Å². The molecule has 31 heavy (non-hydrogen) atoms. The number of hydrogen-bond acceptors (Lipinski definition) is 8. The molecule has 9 heteroatoms. The van der Waals surface area contributed by atoms with Gasteiger partial charge in [0.1, 0.15) is 17.8 Å². The molecule has 0 bridgehead atoms. The molecular formula is C22H40N7OP. The number of likely N-dealkylation sites (N-methyl/N-ethyl adjacent to an activating group) is 2. The van der Waals surface area contributed by atoms with E-state index in [2.05, 4.69) is 53.8 Å². The summed E-state index contributed by atoms with van der Waals surface area (Å²) < 4.78 is 5.12. The van der Waals surface area contributed by atoms with Crippen LogP contribution in [0.25, 0.3) is 0 Å². The molecule has 3 atom stereocenters. The first-order valence-corrected chi connectivity index (χ1v) is 11.9. The molecule has 8 nitrogen and oxygen atoms in total. The average Bonchev–Trinajstić information content (AvgIpc) is 3.28. The van der Waals surface area contributed by atoms with Crippen LogP contribution in [0.3, 0.4) is 0 Å². The Labute approximate surface area is 190 Å². The van der Waals surface area contributed by atoms with Crippen LogP contribution in [0.4, 0.5) is 0 Å². The van der Waals surface area contributed by atoms with E-state index in [-0.39, 0.29) is 6.17 Å². The van der Waals surface area contributed by atoms with Crippen molar-refractivity contribution in [3.8, 4) is 0 Å². The van der Waals surface area contributed by atoms with Crippen LogP contribution in [0.1, 0.15) is 25.7 Å². The van der Waals surface area contributed by atoms with Gasteiger partial charge in [0.2, 0.25) is 0 Å². The van der Waals surface area contributed by atoms with Gasteiger partial charge in [-0.15, -0.1) is 0 Å². The zero-order valence-corrected chi connectivity index (χ0v) is 20.3. The van der Waals surface area contributed by atoms with Crippen LogP contribution in [0, 0.1) is 0 Å². The molecule has 0 aliphatic carbocycles. The van der Waals surface area contributed by atoms with Crippen LogP contribution in [0.15, 0.2) is 41.3 Å². The summed E-state index contributed by atoms with van der Waals surface area (Å²) >= 11 is 0. The highest BCUT2D eigenvalue weighted by atomic mass is 31.0. The number of nitrogens with zero attached hydrogens (tertiary/aromatic N) is 5. The van der Waals surface area contributed by atoms with Gasteiger partial charge in [-0.1, -0.05) is 12.2 Å². The zero-order valence-electron chi connectivity index (χ0n) is 19.1. The van der Waals surface area contributed by atoms with Gasteiger partial charge in [0, 0.05) is 62.3 Å². The molecule has 0 saturated carbocycles. The van der Waals surface area contributed by atoms with Crippen LogP contribution in [-0.2, 0) is 4.52 Å². The van der Waals surface area contributed by atoms with Crippen LogP contribution in [0.5, 0.6) is 0 Å². The van der Waals surface area contributed by atoms with Gasteiger partial charge in [-0.3, -0.25) is 9.91 Å². The predicted octanol–water partition coefficient (Wildman–Crippen LogP) is 1.37. The minimum atomic E-state index is 0.0204. The standard InChI is InChI=1S/C22H40N7OP/c1-26(22-11-10-21(25-27(22)2)29-14-3-4-15-29)20(23)9-5-7-19-8-6-13-28(16-12-24-19)17-18-30-31/h5,7,9-11,19,22,24H,3-4,6,8,12-18,23,31H2,1-2H3/b7-5-,20-9+. The Kier molecular flexibility index (Phi) is 9.65. The predicted molar refractivity (Wildman–Crippen MR) is 131 cm³/mol. The molecule has 0 radical (unpaired) electrons. The van der Waals surface area contributed by atoms with Crippen molar-refractivity contribution in [1.29, 1.82) is 0 Å². The van der Waals surface area contributed by atoms with Gasteiger partial charge in [-0.25, -0.2) is 0 Å². The molecule has 174 valence electrons. The van der Waals surface area contributed by atoms with Crippen molar-refractivity contribution < 1.29 is 4.52 Å². The van der Waals surface area contributed by atoms with E-state index < -0.39 is 0 Å². The maximum Gasteiger partial charge on any atom is 0.148 e. The number of likely N-dealkylation sites (tertiary alicyclic amines) is 1. The second-order valence-electron chi connectivity index (χ2n) is 8.50.